The van der Waals surface area contributed by atoms with Crippen LogP contribution in [0.4, 0.5) is 0 Å². The average molecular weight is 183 g/mol. The van der Waals surface area contributed by atoms with Gasteiger partial charge in [-0.2, -0.15) is 5.26 Å². The van der Waals surface area contributed by atoms with E-state index in [4.69, 9.17) is 11.0 Å². The molecule has 0 radical (unpaired) electrons. The summed E-state index contributed by atoms with van der Waals surface area (Å²) >= 11 is 0. The number of rotatable bonds is 6. The van der Waals surface area contributed by atoms with Gasteiger partial charge in [0.25, 0.3) is 0 Å². The fourth-order valence-corrected chi connectivity index (χ4v) is 1.34. The molecule has 0 fully saturated rings. The molecule has 0 heterocycles. The number of amides is 1. The Morgan fingerprint density at radius 2 is 2.23 bits per heavy atom. The predicted molar refractivity (Wildman–Crippen MR) is 50.8 cm³/mol. The van der Waals surface area contributed by atoms with Crippen LogP contribution in [0.3, 0.4) is 0 Å². The number of nitrogens with zero attached hydrogens (tertiary/aromatic N) is 2. The van der Waals surface area contributed by atoms with Gasteiger partial charge in [-0.1, -0.05) is 13.8 Å². The summed E-state index contributed by atoms with van der Waals surface area (Å²) in [5.74, 6) is -0.335. The van der Waals surface area contributed by atoms with Crippen LogP contribution in [-0.2, 0) is 4.79 Å². The van der Waals surface area contributed by atoms with E-state index in [1.54, 1.807) is 0 Å². The van der Waals surface area contributed by atoms with Crippen molar-refractivity contribution in [3.63, 3.8) is 0 Å². The van der Waals surface area contributed by atoms with Crippen molar-refractivity contribution in [2.24, 2.45) is 5.73 Å². The molecule has 4 nitrogen and oxygen atoms in total. The summed E-state index contributed by atoms with van der Waals surface area (Å²) in [5, 5.41) is 8.55. The van der Waals surface area contributed by atoms with E-state index in [1.165, 1.54) is 0 Å². The second-order valence-electron chi connectivity index (χ2n) is 2.95. The summed E-state index contributed by atoms with van der Waals surface area (Å²) in [7, 11) is 0. The van der Waals surface area contributed by atoms with Gasteiger partial charge < -0.3 is 5.73 Å². The first-order chi connectivity index (χ1) is 6.15. The summed E-state index contributed by atoms with van der Waals surface area (Å²) in [6.45, 7) is 4.97. The number of likely N-dealkylation sites (N-methyl/N-ethyl adjacent to an activating group) is 1. The third-order valence-electron chi connectivity index (χ3n) is 2.08. The van der Waals surface area contributed by atoms with Crippen molar-refractivity contribution in [1.29, 1.82) is 5.26 Å². The molecule has 1 atom stereocenters. The van der Waals surface area contributed by atoms with Crippen LogP contribution < -0.4 is 5.73 Å². The largest absolute Gasteiger partial charge is 0.369 e. The molecule has 0 saturated carbocycles. The van der Waals surface area contributed by atoms with Gasteiger partial charge in [0.05, 0.1) is 19.0 Å². The number of nitrogens with two attached hydrogens (primary N) is 1. The number of nitriles is 1. The minimum atomic E-state index is -0.335. The Balaban J connectivity index is 4.17. The maximum Gasteiger partial charge on any atom is 0.231 e. The molecule has 74 valence electrons. The van der Waals surface area contributed by atoms with Gasteiger partial charge in [-0.15, -0.1) is 0 Å². The highest BCUT2D eigenvalue weighted by Crippen LogP contribution is 2.06. The van der Waals surface area contributed by atoms with E-state index < -0.39 is 0 Å². The lowest BCUT2D eigenvalue weighted by Crippen LogP contribution is -2.40. The molecule has 1 amide bonds. The number of hydrogen-bond donors (Lipinski definition) is 1. The number of carbonyl (C=O) groups is 1. The highest BCUT2D eigenvalue weighted by molar-refractivity contribution is 5.75. The van der Waals surface area contributed by atoms with Gasteiger partial charge in [-0.3, -0.25) is 9.69 Å². The molecule has 0 bridgehead atoms. The van der Waals surface area contributed by atoms with Crippen molar-refractivity contribution in [3.8, 4) is 6.07 Å². The third-order valence-corrected chi connectivity index (χ3v) is 2.08. The second-order valence-corrected chi connectivity index (χ2v) is 2.95. The van der Waals surface area contributed by atoms with Crippen molar-refractivity contribution in [2.75, 3.05) is 13.1 Å². The molecular weight excluding hydrogens is 166 g/mol. The predicted octanol–water partition coefficient (Wildman–Crippen LogP) is 0.486. The van der Waals surface area contributed by atoms with Gasteiger partial charge in [-0.25, -0.2) is 0 Å². The smallest absolute Gasteiger partial charge is 0.231 e. The fourth-order valence-electron chi connectivity index (χ4n) is 1.34. The zero-order chi connectivity index (χ0) is 10.3. The topological polar surface area (TPSA) is 70.1 Å². The van der Waals surface area contributed by atoms with Crippen LogP contribution >= 0.6 is 0 Å². The lowest BCUT2D eigenvalue weighted by Gasteiger charge is -2.26. The Hall–Kier alpha value is -1.08. The Kier molecular flexibility index (Phi) is 5.90. The molecule has 0 aromatic heterocycles. The van der Waals surface area contributed by atoms with Crippen LogP contribution in [0.25, 0.3) is 0 Å². The van der Waals surface area contributed by atoms with Crippen LogP contribution in [0.5, 0.6) is 0 Å². The molecule has 4 heteroatoms. The monoisotopic (exact) mass is 183 g/mol. The number of primary amides is 1. The van der Waals surface area contributed by atoms with Crippen molar-refractivity contribution < 1.29 is 4.79 Å². The molecular formula is C9H17N3O. The summed E-state index contributed by atoms with van der Waals surface area (Å²) in [5.41, 5.74) is 5.09. The lowest BCUT2D eigenvalue weighted by molar-refractivity contribution is -0.119. The quantitative estimate of drug-likeness (QED) is 0.651. The minimum absolute atomic E-state index is 0.155. The molecule has 0 saturated heterocycles. The van der Waals surface area contributed by atoms with Crippen molar-refractivity contribution in [1.82, 2.24) is 4.90 Å². The summed E-state index contributed by atoms with van der Waals surface area (Å²) in [6.07, 6.45) is 1.33. The second kappa shape index (κ2) is 6.44. The third kappa shape index (κ3) is 4.48. The Morgan fingerprint density at radius 1 is 1.62 bits per heavy atom. The summed E-state index contributed by atoms with van der Waals surface area (Å²) < 4.78 is 0. The van der Waals surface area contributed by atoms with Crippen LogP contribution in [0.2, 0.25) is 0 Å². The Labute approximate surface area is 79.3 Å². The van der Waals surface area contributed by atoms with E-state index >= 15 is 0 Å². The van der Waals surface area contributed by atoms with Gasteiger partial charge in [0.1, 0.15) is 0 Å². The van der Waals surface area contributed by atoms with Crippen LogP contribution in [0, 0.1) is 11.3 Å². The van der Waals surface area contributed by atoms with E-state index in [-0.39, 0.29) is 18.5 Å². The normalized spacial score (nSPS) is 12.5. The molecule has 0 aromatic carbocycles. The summed E-state index contributed by atoms with van der Waals surface area (Å²) in [6, 6.07) is 2.27. The van der Waals surface area contributed by atoms with E-state index in [0.29, 0.717) is 6.42 Å². The van der Waals surface area contributed by atoms with E-state index in [9.17, 15) is 4.79 Å². The first-order valence-corrected chi connectivity index (χ1v) is 4.54. The maximum absolute atomic E-state index is 10.7. The SMILES string of the molecule is CCC(CC#N)N(CC)CC(N)=O. The molecule has 0 aromatic rings. The van der Waals surface area contributed by atoms with Crippen LogP contribution in [0.1, 0.15) is 26.7 Å². The van der Waals surface area contributed by atoms with E-state index in [1.807, 2.05) is 18.7 Å². The molecule has 0 aliphatic carbocycles. The highest BCUT2D eigenvalue weighted by atomic mass is 16.1. The van der Waals surface area contributed by atoms with Crippen molar-refractivity contribution in [3.05, 3.63) is 0 Å². The molecule has 2 N–H and O–H groups in total. The summed E-state index contributed by atoms with van der Waals surface area (Å²) in [4.78, 5) is 12.6. The van der Waals surface area contributed by atoms with Crippen molar-refractivity contribution >= 4 is 5.91 Å². The van der Waals surface area contributed by atoms with E-state index in [0.717, 1.165) is 13.0 Å². The standard InChI is InChI=1S/C9H17N3O/c1-3-8(5-6-10)12(4-2)7-9(11)13/h8H,3-5,7H2,1-2H3,(H2,11,13). The maximum atomic E-state index is 10.7. The minimum Gasteiger partial charge on any atom is -0.369 e. The Morgan fingerprint density at radius 3 is 2.54 bits per heavy atom. The van der Waals surface area contributed by atoms with Gasteiger partial charge in [-0.05, 0) is 13.0 Å². The molecule has 0 spiro atoms. The number of carbonyl (C=O) groups excluding carboxylic acids is 1. The molecule has 0 aliphatic rings. The lowest BCUT2D eigenvalue weighted by atomic mass is 10.1. The van der Waals surface area contributed by atoms with Gasteiger partial charge >= 0.3 is 0 Å². The average Bonchev–Trinajstić information content (AvgIpc) is 2.10. The first kappa shape index (κ1) is 11.9. The van der Waals surface area contributed by atoms with E-state index in [2.05, 4.69) is 6.07 Å². The zero-order valence-electron chi connectivity index (χ0n) is 8.29. The van der Waals surface area contributed by atoms with Crippen LogP contribution in [-0.4, -0.2) is 29.9 Å². The fraction of sp³-hybridized carbons (Fsp3) is 0.778. The molecule has 1 unspecified atom stereocenters. The van der Waals surface area contributed by atoms with Crippen LogP contribution in [0.15, 0.2) is 0 Å². The molecule has 0 aliphatic heterocycles. The zero-order valence-corrected chi connectivity index (χ0v) is 8.29. The number of hydrogen-bond acceptors (Lipinski definition) is 3. The van der Waals surface area contributed by atoms with Gasteiger partial charge in [0, 0.05) is 6.04 Å². The molecule has 0 rings (SSSR count). The van der Waals surface area contributed by atoms with Gasteiger partial charge in [0.15, 0.2) is 0 Å². The molecule has 13 heavy (non-hydrogen) atoms. The highest BCUT2D eigenvalue weighted by Gasteiger charge is 2.16. The van der Waals surface area contributed by atoms with Crippen molar-refractivity contribution in [2.45, 2.75) is 32.7 Å². The van der Waals surface area contributed by atoms with Gasteiger partial charge in [0.2, 0.25) is 5.91 Å². The first-order valence-electron chi connectivity index (χ1n) is 4.54. The Bertz CT molecular complexity index is 198.